The molecular formula is C11H13FO3S. The summed E-state index contributed by atoms with van der Waals surface area (Å²) in [4.78, 5) is 11.8. The molecule has 16 heavy (non-hydrogen) atoms. The number of rotatable bonds is 4. The third kappa shape index (κ3) is 2.88. The molecule has 0 aliphatic rings. The van der Waals surface area contributed by atoms with E-state index in [1.807, 2.05) is 0 Å². The van der Waals surface area contributed by atoms with Crippen molar-refractivity contribution >= 4 is 15.6 Å². The van der Waals surface area contributed by atoms with Crippen LogP contribution in [0.2, 0.25) is 0 Å². The number of Topliss-reactive ketones (excluding diaryl/α,β-unsaturated/α-hetero) is 1. The molecule has 0 aliphatic carbocycles. The van der Waals surface area contributed by atoms with Gasteiger partial charge in [0.15, 0.2) is 15.6 Å². The van der Waals surface area contributed by atoms with E-state index in [0.717, 1.165) is 18.4 Å². The zero-order valence-corrected chi connectivity index (χ0v) is 9.92. The van der Waals surface area contributed by atoms with Crippen molar-refractivity contribution in [2.45, 2.75) is 18.6 Å². The van der Waals surface area contributed by atoms with Crippen LogP contribution < -0.4 is 0 Å². The molecule has 0 aliphatic heterocycles. The molecule has 0 bridgehead atoms. The highest BCUT2D eigenvalue weighted by molar-refractivity contribution is 7.92. The molecule has 5 heteroatoms. The van der Waals surface area contributed by atoms with Crippen molar-refractivity contribution in [2.24, 2.45) is 0 Å². The summed E-state index contributed by atoms with van der Waals surface area (Å²) in [6.07, 6.45) is 1.25. The van der Waals surface area contributed by atoms with Gasteiger partial charge >= 0.3 is 0 Å². The van der Waals surface area contributed by atoms with E-state index in [9.17, 15) is 17.6 Å². The molecule has 0 unspecified atom stereocenters. The van der Waals surface area contributed by atoms with Gasteiger partial charge in [0.1, 0.15) is 11.1 Å². The van der Waals surface area contributed by atoms with Crippen LogP contribution in [-0.4, -0.2) is 25.7 Å². The molecule has 0 fully saturated rings. The summed E-state index contributed by atoms with van der Waals surface area (Å²) in [6, 6.07) is 4.88. The maximum atomic E-state index is 12.6. The van der Waals surface area contributed by atoms with Gasteiger partial charge in [-0.3, -0.25) is 4.79 Å². The smallest absolute Gasteiger partial charge is 0.180 e. The average Bonchev–Trinajstić information content (AvgIpc) is 2.17. The first-order chi connectivity index (χ1) is 7.36. The Balaban J connectivity index is 3.06. The van der Waals surface area contributed by atoms with Crippen LogP contribution in [0.3, 0.4) is 0 Å². The van der Waals surface area contributed by atoms with Crippen LogP contribution in [0.5, 0.6) is 0 Å². The maximum Gasteiger partial charge on any atom is 0.180 e. The van der Waals surface area contributed by atoms with E-state index in [1.54, 1.807) is 6.92 Å². The zero-order valence-electron chi connectivity index (χ0n) is 9.10. The Morgan fingerprint density at radius 3 is 2.19 bits per heavy atom. The summed E-state index contributed by atoms with van der Waals surface area (Å²) < 4.78 is 35.3. The van der Waals surface area contributed by atoms with Gasteiger partial charge in [0.2, 0.25) is 0 Å². The molecule has 0 spiro atoms. The standard InChI is InChI=1S/C11H13FO3S/c1-3-10(16(2,14)15)11(13)8-4-6-9(12)7-5-8/h4-7,10H,3H2,1-2H3/t10-/m0/s1. The number of sulfone groups is 1. The minimum atomic E-state index is -3.42. The molecule has 3 nitrogen and oxygen atoms in total. The summed E-state index contributed by atoms with van der Waals surface area (Å²) in [5.41, 5.74) is 0.221. The second-order valence-corrected chi connectivity index (χ2v) is 5.83. The van der Waals surface area contributed by atoms with Crippen LogP contribution in [0.25, 0.3) is 0 Å². The predicted molar refractivity (Wildman–Crippen MR) is 59.7 cm³/mol. The van der Waals surface area contributed by atoms with Crippen LogP contribution in [-0.2, 0) is 9.84 Å². The molecule has 1 aromatic rings. The Labute approximate surface area is 94.2 Å². The van der Waals surface area contributed by atoms with Gasteiger partial charge < -0.3 is 0 Å². The lowest BCUT2D eigenvalue weighted by Gasteiger charge is -2.11. The van der Waals surface area contributed by atoms with Gasteiger partial charge in [-0.25, -0.2) is 12.8 Å². The van der Waals surface area contributed by atoms with Crippen molar-refractivity contribution in [3.8, 4) is 0 Å². The lowest BCUT2D eigenvalue weighted by atomic mass is 10.1. The van der Waals surface area contributed by atoms with Crippen LogP contribution >= 0.6 is 0 Å². The molecule has 0 saturated carbocycles. The van der Waals surface area contributed by atoms with Crippen molar-refractivity contribution in [1.82, 2.24) is 0 Å². The van der Waals surface area contributed by atoms with Gasteiger partial charge in [-0.15, -0.1) is 0 Å². The van der Waals surface area contributed by atoms with Crippen molar-refractivity contribution in [3.63, 3.8) is 0 Å². The molecule has 0 heterocycles. The van der Waals surface area contributed by atoms with Gasteiger partial charge in [-0.2, -0.15) is 0 Å². The number of carbonyl (C=O) groups is 1. The Bertz CT molecular complexity index is 476. The Morgan fingerprint density at radius 2 is 1.81 bits per heavy atom. The van der Waals surface area contributed by atoms with Crippen LogP contribution in [0.4, 0.5) is 4.39 Å². The summed E-state index contributed by atoms with van der Waals surface area (Å²) in [5, 5.41) is -1.04. The fourth-order valence-electron chi connectivity index (χ4n) is 1.48. The Kier molecular flexibility index (Phi) is 3.80. The molecule has 0 saturated heterocycles. The highest BCUT2D eigenvalue weighted by Crippen LogP contribution is 2.13. The van der Waals surface area contributed by atoms with Crippen LogP contribution in [0.15, 0.2) is 24.3 Å². The van der Waals surface area contributed by atoms with Crippen LogP contribution in [0, 0.1) is 5.82 Å². The van der Waals surface area contributed by atoms with E-state index >= 15 is 0 Å². The highest BCUT2D eigenvalue weighted by Gasteiger charge is 2.27. The first kappa shape index (κ1) is 12.8. The van der Waals surface area contributed by atoms with Gasteiger partial charge in [-0.05, 0) is 30.7 Å². The average molecular weight is 244 g/mol. The normalized spacial score (nSPS) is 13.4. The van der Waals surface area contributed by atoms with E-state index in [4.69, 9.17) is 0 Å². The summed E-state index contributed by atoms with van der Waals surface area (Å²) in [6.45, 7) is 1.63. The predicted octanol–water partition coefficient (Wildman–Crippen LogP) is 1.83. The summed E-state index contributed by atoms with van der Waals surface area (Å²) in [5.74, 6) is -0.936. The lowest BCUT2D eigenvalue weighted by molar-refractivity contribution is 0.0985. The number of halogens is 1. The molecule has 0 aromatic heterocycles. The third-order valence-electron chi connectivity index (χ3n) is 2.31. The summed E-state index contributed by atoms with van der Waals surface area (Å²) in [7, 11) is -3.42. The fourth-order valence-corrected chi connectivity index (χ4v) is 2.61. The maximum absolute atomic E-state index is 12.6. The molecule has 1 aromatic carbocycles. The van der Waals surface area contributed by atoms with Crippen molar-refractivity contribution in [1.29, 1.82) is 0 Å². The third-order valence-corrected chi connectivity index (χ3v) is 3.89. The van der Waals surface area contributed by atoms with E-state index in [0.29, 0.717) is 0 Å². The lowest BCUT2D eigenvalue weighted by Crippen LogP contribution is -2.28. The first-order valence-corrected chi connectivity index (χ1v) is 6.80. The molecule has 88 valence electrons. The Hall–Kier alpha value is -1.23. The Morgan fingerprint density at radius 1 is 1.31 bits per heavy atom. The van der Waals surface area contributed by atoms with E-state index in [2.05, 4.69) is 0 Å². The quantitative estimate of drug-likeness (QED) is 0.759. The van der Waals surface area contributed by atoms with Gasteiger partial charge in [0.25, 0.3) is 0 Å². The number of hydrogen-bond acceptors (Lipinski definition) is 3. The zero-order chi connectivity index (χ0) is 12.3. The van der Waals surface area contributed by atoms with E-state index < -0.39 is 26.7 Å². The van der Waals surface area contributed by atoms with Gasteiger partial charge in [0, 0.05) is 11.8 Å². The second kappa shape index (κ2) is 4.74. The van der Waals surface area contributed by atoms with Gasteiger partial charge in [0.05, 0.1) is 0 Å². The number of ketones is 1. The topological polar surface area (TPSA) is 51.2 Å². The molecule has 1 atom stereocenters. The molecular weight excluding hydrogens is 231 g/mol. The minimum Gasteiger partial charge on any atom is -0.293 e. The van der Waals surface area contributed by atoms with E-state index in [-0.39, 0.29) is 12.0 Å². The van der Waals surface area contributed by atoms with Crippen molar-refractivity contribution < 1.29 is 17.6 Å². The van der Waals surface area contributed by atoms with E-state index in [1.165, 1.54) is 12.1 Å². The first-order valence-electron chi connectivity index (χ1n) is 4.85. The second-order valence-electron chi connectivity index (χ2n) is 3.60. The fraction of sp³-hybridized carbons (Fsp3) is 0.364. The number of carbonyl (C=O) groups excluding carboxylic acids is 1. The molecule has 0 N–H and O–H groups in total. The minimum absolute atomic E-state index is 0.217. The molecule has 1 rings (SSSR count). The summed E-state index contributed by atoms with van der Waals surface area (Å²) >= 11 is 0. The van der Waals surface area contributed by atoms with Crippen LogP contribution in [0.1, 0.15) is 23.7 Å². The SMILES string of the molecule is CC[C@@H](C(=O)c1ccc(F)cc1)S(C)(=O)=O. The number of benzene rings is 1. The molecule has 0 amide bonds. The van der Waals surface area contributed by atoms with Crippen molar-refractivity contribution in [3.05, 3.63) is 35.6 Å². The number of hydrogen-bond donors (Lipinski definition) is 0. The molecule has 0 radical (unpaired) electrons. The monoisotopic (exact) mass is 244 g/mol. The van der Waals surface area contributed by atoms with Gasteiger partial charge in [-0.1, -0.05) is 6.92 Å². The largest absolute Gasteiger partial charge is 0.293 e. The highest BCUT2D eigenvalue weighted by atomic mass is 32.2. The van der Waals surface area contributed by atoms with Crippen molar-refractivity contribution in [2.75, 3.05) is 6.26 Å².